The number of nitrogens with one attached hydrogen (secondary N) is 2. The van der Waals surface area contributed by atoms with Crippen molar-refractivity contribution in [3.8, 4) is 11.5 Å². The second-order valence-electron chi connectivity index (χ2n) is 10.9. The number of para-hydroxylation sites is 1. The second-order valence-corrected chi connectivity index (χ2v) is 10.9. The first-order valence-electron chi connectivity index (χ1n) is 14.9. The minimum Gasteiger partial charge on any atom is -0.477 e. The van der Waals surface area contributed by atoms with Gasteiger partial charge in [0.15, 0.2) is 0 Å². The largest absolute Gasteiger partial charge is 0.477 e. The standard InChI is InChI=1S/C36H33F2N3O5/c37-36(38,34(43)44)24-39-33(42)28-16-14-25(15-17-28)23-41(30-20-18-27(19-21-30)26-8-3-1-4-9-26)35(45)40-29-10-7-13-32(22-29)46-31-11-5-2-6-12-31/h2,5-8,10-22H,1,3-4,9,23-24H2,(H,39,42)(H,40,45)(H,43,44). The normalized spacial score (nSPS) is 12.9. The average Bonchev–Trinajstić information content (AvgIpc) is 3.07. The number of carboxylic acid groups (broad SMARTS) is 1. The van der Waals surface area contributed by atoms with Gasteiger partial charge >= 0.3 is 17.9 Å². The molecule has 236 valence electrons. The molecule has 0 aliphatic heterocycles. The van der Waals surface area contributed by atoms with Gasteiger partial charge in [0.05, 0.1) is 13.1 Å². The first-order valence-corrected chi connectivity index (χ1v) is 14.9. The fourth-order valence-corrected chi connectivity index (χ4v) is 5.00. The molecule has 1 aliphatic carbocycles. The average molecular weight is 626 g/mol. The third-order valence-electron chi connectivity index (χ3n) is 7.49. The summed E-state index contributed by atoms with van der Waals surface area (Å²) in [6, 6.07) is 29.8. The summed E-state index contributed by atoms with van der Waals surface area (Å²) in [5.41, 5.74) is 4.31. The van der Waals surface area contributed by atoms with E-state index in [0.717, 1.165) is 24.8 Å². The van der Waals surface area contributed by atoms with E-state index in [1.807, 2.05) is 59.9 Å². The Morgan fingerprint density at radius 2 is 1.57 bits per heavy atom. The number of hydrogen-bond donors (Lipinski definition) is 3. The van der Waals surface area contributed by atoms with Crippen molar-refractivity contribution < 1.29 is 33.0 Å². The van der Waals surface area contributed by atoms with Gasteiger partial charge in [-0.3, -0.25) is 9.69 Å². The Bertz CT molecular complexity index is 1710. The number of hydrogen-bond acceptors (Lipinski definition) is 4. The van der Waals surface area contributed by atoms with E-state index >= 15 is 0 Å². The summed E-state index contributed by atoms with van der Waals surface area (Å²) in [6.07, 6.45) is 6.65. The number of carbonyl (C=O) groups is 3. The molecule has 0 aromatic heterocycles. The number of allylic oxidation sites excluding steroid dienone is 2. The van der Waals surface area contributed by atoms with E-state index in [9.17, 15) is 23.2 Å². The molecule has 4 aromatic carbocycles. The topological polar surface area (TPSA) is 108 Å². The van der Waals surface area contributed by atoms with Crippen LogP contribution in [0.25, 0.3) is 5.57 Å². The molecule has 5 rings (SSSR count). The predicted octanol–water partition coefficient (Wildman–Crippen LogP) is 8.12. The molecule has 3 amide bonds. The van der Waals surface area contributed by atoms with E-state index in [0.29, 0.717) is 28.4 Å². The monoisotopic (exact) mass is 625 g/mol. The summed E-state index contributed by atoms with van der Waals surface area (Å²) < 4.78 is 32.7. The van der Waals surface area contributed by atoms with Gasteiger partial charge in [-0.2, -0.15) is 8.78 Å². The fourth-order valence-electron chi connectivity index (χ4n) is 5.00. The fraction of sp³-hybridized carbons (Fsp3) is 0.194. The predicted molar refractivity (Wildman–Crippen MR) is 172 cm³/mol. The molecule has 1 aliphatic rings. The summed E-state index contributed by atoms with van der Waals surface area (Å²) in [6.45, 7) is -1.20. The van der Waals surface area contributed by atoms with Gasteiger partial charge in [-0.25, -0.2) is 9.59 Å². The molecule has 0 atom stereocenters. The highest BCUT2D eigenvalue weighted by Gasteiger charge is 2.39. The molecule has 8 nitrogen and oxygen atoms in total. The maximum atomic E-state index is 13.8. The first kappa shape index (κ1) is 31.9. The van der Waals surface area contributed by atoms with Crippen molar-refractivity contribution in [1.29, 1.82) is 0 Å². The molecule has 0 saturated carbocycles. The number of anilines is 2. The van der Waals surface area contributed by atoms with Crippen LogP contribution in [0.5, 0.6) is 11.5 Å². The number of carbonyl (C=O) groups excluding carboxylic acids is 2. The molecule has 0 radical (unpaired) electrons. The molecule has 10 heteroatoms. The molecule has 0 unspecified atom stereocenters. The van der Waals surface area contributed by atoms with E-state index in [1.165, 1.54) is 24.1 Å². The molecule has 46 heavy (non-hydrogen) atoms. The third kappa shape index (κ3) is 8.35. The minimum absolute atomic E-state index is 0.0706. The van der Waals surface area contributed by atoms with E-state index < -0.39 is 30.4 Å². The second kappa shape index (κ2) is 14.5. The van der Waals surface area contributed by atoms with Crippen LogP contribution in [0.15, 0.2) is 109 Å². The van der Waals surface area contributed by atoms with E-state index in [4.69, 9.17) is 9.84 Å². The zero-order chi connectivity index (χ0) is 32.5. The number of alkyl halides is 2. The smallest absolute Gasteiger partial charge is 0.376 e. The summed E-state index contributed by atoms with van der Waals surface area (Å²) >= 11 is 0. The van der Waals surface area contributed by atoms with Gasteiger partial charge in [0.1, 0.15) is 11.5 Å². The van der Waals surface area contributed by atoms with Crippen LogP contribution in [0.1, 0.15) is 47.2 Å². The Labute approximate surface area is 265 Å². The van der Waals surface area contributed by atoms with Crippen LogP contribution in [0.3, 0.4) is 0 Å². The van der Waals surface area contributed by atoms with E-state index in [2.05, 4.69) is 11.4 Å². The SMILES string of the molecule is O=C(NCC(F)(F)C(=O)O)c1ccc(CN(C(=O)Nc2cccc(Oc3ccccc3)c2)c2ccc(C3=CCCCC3)cc2)cc1. The zero-order valence-electron chi connectivity index (χ0n) is 24.9. The maximum Gasteiger partial charge on any atom is 0.376 e. The molecule has 0 saturated heterocycles. The Balaban J connectivity index is 1.34. The van der Waals surface area contributed by atoms with Crippen molar-refractivity contribution >= 4 is 34.9 Å². The van der Waals surface area contributed by atoms with Crippen molar-refractivity contribution in [3.05, 3.63) is 126 Å². The number of benzene rings is 4. The number of ether oxygens (including phenoxy) is 1. The van der Waals surface area contributed by atoms with Crippen LogP contribution < -0.4 is 20.3 Å². The number of amides is 3. The summed E-state index contributed by atoms with van der Waals surface area (Å²) in [4.78, 5) is 38.3. The lowest BCUT2D eigenvalue weighted by Gasteiger charge is -2.24. The molecular weight excluding hydrogens is 592 g/mol. The molecule has 3 N–H and O–H groups in total. The summed E-state index contributed by atoms with van der Waals surface area (Å²) in [7, 11) is 0. The summed E-state index contributed by atoms with van der Waals surface area (Å²) in [5, 5.41) is 13.5. The van der Waals surface area contributed by atoms with Crippen LogP contribution in [0.4, 0.5) is 25.0 Å². The highest BCUT2D eigenvalue weighted by Crippen LogP contribution is 2.30. The van der Waals surface area contributed by atoms with E-state index in [1.54, 1.807) is 41.3 Å². The number of rotatable bonds is 11. The third-order valence-corrected chi connectivity index (χ3v) is 7.49. The van der Waals surface area contributed by atoms with E-state index in [-0.39, 0.29) is 12.1 Å². The van der Waals surface area contributed by atoms with Crippen LogP contribution >= 0.6 is 0 Å². The lowest BCUT2D eigenvalue weighted by atomic mass is 9.93. The van der Waals surface area contributed by atoms with Crippen LogP contribution in [0.2, 0.25) is 0 Å². The number of aliphatic carboxylic acids is 1. The highest BCUT2D eigenvalue weighted by molar-refractivity contribution is 6.02. The van der Waals surface area contributed by atoms with Crippen molar-refractivity contribution in [3.63, 3.8) is 0 Å². The van der Waals surface area contributed by atoms with Crippen molar-refractivity contribution in [2.75, 3.05) is 16.8 Å². The Kier molecular flexibility index (Phi) is 10.1. The van der Waals surface area contributed by atoms with Gasteiger partial charge < -0.3 is 20.5 Å². The quantitative estimate of drug-likeness (QED) is 0.156. The minimum atomic E-state index is -4.08. The molecule has 4 aromatic rings. The number of carboxylic acids is 1. The highest BCUT2D eigenvalue weighted by atomic mass is 19.3. The van der Waals surface area contributed by atoms with Gasteiger partial charge in [0.25, 0.3) is 5.91 Å². The molecule has 0 bridgehead atoms. The molecular formula is C36H33F2N3O5. The molecule has 0 heterocycles. The Morgan fingerprint density at radius 1 is 0.848 bits per heavy atom. The molecule has 0 fully saturated rings. The number of nitrogens with zero attached hydrogens (tertiary/aromatic N) is 1. The van der Waals surface area contributed by atoms with Gasteiger partial charge in [-0.15, -0.1) is 0 Å². The van der Waals surface area contributed by atoms with Crippen molar-refractivity contribution in [2.24, 2.45) is 0 Å². The Morgan fingerprint density at radius 3 is 2.24 bits per heavy atom. The number of halogens is 2. The lowest BCUT2D eigenvalue weighted by Crippen LogP contribution is -2.42. The van der Waals surface area contributed by atoms with Gasteiger partial charge in [0.2, 0.25) is 0 Å². The van der Waals surface area contributed by atoms with Crippen LogP contribution in [0, 0.1) is 0 Å². The van der Waals surface area contributed by atoms with Crippen LogP contribution in [-0.4, -0.2) is 35.5 Å². The maximum absolute atomic E-state index is 13.8. The number of urea groups is 1. The molecule has 0 spiro atoms. The van der Waals surface area contributed by atoms with Crippen molar-refractivity contribution in [1.82, 2.24) is 5.32 Å². The van der Waals surface area contributed by atoms with Crippen LogP contribution in [-0.2, 0) is 11.3 Å². The zero-order valence-corrected chi connectivity index (χ0v) is 24.9. The van der Waals surface area contributed by atoms with Crippen molar-refractivity contribution in [2.45, 2.75) is 38.2 Å². The van der Waals surface area contributed by atoms with Gasteiger partial charge in [-0.1, -0.05) is 54.6 Å². The summed E-state index contributed by atoms with van der Waals surface area (Å²) in [5.74, 6) is -6.03. The first-order chi connectivity index (χ1) is 22.2. The van der Waals surface area contributed by atoms with Gasteiger partial charge in [0, 0.05) is 23.0 Å². The Hall–Kier alpha value is -5.51. The van der Waals surface area contributed by atoms with Gasteiger partial charge in [-0.05, 0) is 90.9 Å². The lowest BCUT2D eigenvalue weighted by molar-refractivity contribution is -0.163.